The van der Waals surface area contributed by atoms with Crippen molar-refractivity contribution in [3.8, 4) is 5.75 Å². The molecule has 7 heteroatoms. The zero-order valence-electron chi connectivity index (χ0n) is 16.4. The van der Waals surface area contributed by atoms with Crippen molar-refractivity contribution < 1.29 is 24.5 Å². The maximum Gasteiger partial charge on any atom is 0.338 e. The van der Waals surface area contributed by atoms with E-state index in [0.717, 1.165) is 11.1 Å². The van der Waals surface area contributed by atoms with E-state index in [4.69, 9.17) is 9.84 Å². The van der Waals surface area contributed by atoms with Crippen LogP contribution in [-0.4, -0.2) is 32.1 Å². The Morgan fingerprint density at radius 1 is 0.903 bits per heavy atom. The summed E-state index contributed by atoms with van der Waals surface area (Å²) < 4.78 is 5.34. The van der Waals surface area contributed by atoms with E-state index in [0.29, 0.717) is 28.5 Å². The molecule has 0 saturated carbocycles. The monoisotopic (exact) mass is 414 g/mol. The molecule has 154 valence electrons. The van der Waals surface area contributed by atoms with Crippen molar-refractivity contribution in [2.24, 2.45) is 0 Å². The van der Waals surface area contributed by atoms with Gasteiger partial charge in [-0.25, -0.2) is 9.59 Å². The minimum Gasteiger partial charge on any atom is -0.507 e. The van der Waals surface area contributed by atoms with Gasteiger partial charge in [0.25, 0.3) is 0 Å². The fourth-order valence-electron chi connectivity index (χ4n) is 3.17. The summed E-state index contributed by atoms with van der Waals surface area (Å²) >= 11 is 0. The first kappa shape index (κ1) is 20.0. The molecule has 0 atom stereocenters. The smallest absolute Gasteiger partial charge is 0.338 e. The molecule has 2 N–H and O–H groups in total. The molecule has 4 aromatic rings. The number of ether oxygens (including phenoxy) is 1. The number of rotatable bonds is 6. The van der Waals surface area contributed by atoms with Crippen LogP contribution in [0.4, 0.5) is 0 Å². The molecule has 0 aliphatic heterocycles. The number of hydrogen-bond donors (Lipinski definition) is 2. The highest BCUT2D eigenvalue weighted by molar-refractivity contribution is 5.96. The fourth-order valence-corrected chi connectivity index (χ4v) is 3.17. The molecule has 0 radical (unpaired) electrons. The standard InChI is InChI=1S/C24H18N2O5/c27-22-19(11-15-1-3-17(4-2-15)23(28)29)13-26-21-6-5-18(12-20(21)22)24(30)31-14-16-7-9-25-10-8-16/h1-10,12-13H,11,14H2,(H,26,27)(H,28,29). The largest absolute Gasteiger partial charge is 0.507 e. The van der Waals surface area contributed by atoms with Gasteiger partial charge in [-0.1, -0.05) is 12.1 Å². The van der Waals surface area contributed by atoms with Crippen molar-refractivity contribution in [1.82, 2.24) is 9.97 Å². The number of carbonyl (C=O) groups is 2. The summed E-state index contributed by atoms with van der Waals surface area (Å²) in [5.74, 6) is -1.48. The van der Waals surface area contributed by atoms with E-state index < -0.39 is 11.9 Å². The predicted octanol–water partition coefficient (Wildman–Crippen LogP) is 3.98. The molecule has 0 aliphatic rings. The fraction of sp³-hybridized carbons (Fsp3) is 0.0833. The molecule has 31 heavy (non-hydrogen) atoms. The van der Waals surface area contributed by atoms with Crippen LogP contribution in [-0.2, 0) is 17.8 Å². The summed E-state index contributed by atoms with van der Waals surface area (Å²) in [6.45, 7) is 0.121. The van der Waals surface area contributed by atoms with E-state index in [2.05, 4.69) is 9.97 Å². The van der Waals surface area contributed by atoms with Gasteiger partial charge in [0.2, 0.25) is 0 Å². The second-order valence-corrected chi connectivity index (χ2v) is 6.97. The molecule has 0 fully saturated rings. The molecule has 0 aliphatic carbocycles. The van der Waals surface area contributed by atoms with E-state index in [1.165, 1.54) is 12.1 Å². The van der Waals surface area contributed by atoms with Crippen LogP contribution < -0.4 is 0 Å². The van der Waals surface area contributed by atoms with Gasteiger partial charge in [0.1, 0.15) is 12.4 Å². The van der Waals surface area contributed by atoms with E-state index in [1.54, 1.807) is 61.1 Å². The molecule has 7 nitrogen and oxygen atoms in total. The van der Waals surface area contributed by atoms with Crippen LogP contribution in [0.2, 0.25) is 0 Å². The summed E-state index contributed by atoms with van der Waals surface area (Å²) in [5.41, 5.74) is 3.27. The first-order valence-corrected chi connectivity index (χ1v) is 9.50. The van der Waals surface area contributed by atoms with Crippen LogP contribution in [0.15, 0.2) is 73.2 Å². The molecule has 2 heterocycles. The Morgan fingerprint density at radius 2 is 1.61 bits per heavy atom. The molecule has 2 aromatic carbocycles. The van der Waals surface area contributed by atoms with Crippen LogP contribution in [0.5, 0.6) is 5.75 Å². The topological polar surface area (TPSA) is 110 Å². The second kappa shape index (κ2) is 8.62. The second-order valence-electron chi connectivity index (χ2n) is 6.97. The first-order chi connectivity index (χ1) is 15.0. The highest BCUT2D eigenvalue weighted by Gasteiger charge is 2.14. The van der Waals surface area contributed by atoms with E-state index in [1.807, 2.05) is 0 Å². The lowest BCUT2D eigenvalue weighted by Crippen LogP contribution is -2.05. The van der Waals surface area contributed by atoms with Gasteiger partial charge in [-0.05, 0) is 53.6 Å². The summed E-state index contributed by atoms with van der Waals surface area (Å²) in [4.78, 5) is 31.7. The van der Waals surface area contributed by atoms with Crippen molar-refractivity contribution in [3.05, 3.63) is 101 Å². The molecular formula is C24H18N2O5. The quantitative estimate of drug-likeness (QED) is 0.459. The van der Waals surface area contributed by atoms with Crippen molar-refractivity contribution in [2.75, 3.05) is 0 Å². The molecule has 0 amide bonds. The number of carbonyl (C=O) groups excluding carboxylic acids is 1. The maximum atomic E-state index is 12.4. The molecule has 2 aromatic heterocycles. The molecule has 0 spiro atoms. The SMILES string of the molecule is O=C(O)c1ccc(Cc2cnc3ccc(C(=O)OCc4ccncc4)cc3c2O)cc1. The lowest BCUT2D eigenvalue weighted by atomic mass is 10.0. The molecule has 4 rings (SSSR count). The number of carboxylic acid groups (broad SMARTS) is 1. The molecule has 0 saturated heterocycles. The van der Waals surface area contributed by atoms with Crippen LogP contribution in [0.25, 0.3) is 10.9 Å². The lowest BCUT2D eigenvalue weighted by Gasteiger charge is -2.10. The third-order valence-corrected chi connectivity index (χ3v) is 4.87. The number of pyridine rings is 2. The normalized spacial score (nSPS) is 10.7. The Kier molecular flexibility index (Phi) is 5.57. The average molecular weight is 414 g/mol. The minimum absolute atomic E-state index is 0.0242. The number of benzene rings is 2. The van der Waals surface area contributed by atoms with Gasteiger partial charge in [-0.2, -0.15) is 0 Å². The Hall–Kier alpha value is -4.26. The number of hydrogen-bond acceptors (Lipinski definition) is 6. The number of aromatic hydroxyl groups is 1. The van der Waals surface area contributed by atoms with Crippen LogP contribution >= 0.6 is 0 Å². The maximum absolute atomic E-state index is 12.4. The number of carboxylic acids is 1. The zero-order valence-corrected chi connectivity index (χ0v) is 16.4. The summed E-state index contributed by atoms with van der Waals surface area (Å²) in [5, 5.41) is 20.2. The predicted molar refractivity (Wildman–Crippen MR) is 113 cm³/mol. The van der Waals surface area contributed by atoms with E-state index in [-0.39, 0.29) is 17.9 Å². The van der Waals surface area contributed by atoms with Gasteiger partial charge in [-0.15, -0.1) is 0 Å². The van der Waals surface area contributed by atoms with Crippen molar-refractivity contribution in [2.45, 2.75) is 13.0 Å². The van der Waals surface area contributed by atoms with Crippen LogP contribution in [0.1, 0.15) is 37.4 Å². The van der Waals surface area contributed by atoms with E-state index in [9.17, 15) is 14.7 Å². The van der Waals surface area contributed by atoms with Crippen LogP contribution in [0.3, 0.4) is 0 Å². The zero-order chi connectivity index (χ0) is 21.8. The van der Waals surface area contributed by atoms with Crippen LogP contribution in [0, 0.1) is 0 Å². The number of nitrogens with zero attached hydrogens (tertiary/aromatic N) is 2. The van der Waals surface area contributed by atoms with Gasteiger partial charge in [0.15, 0.2) is 0 Å². The summed E-state index contributed by atoms with van der Waals surface area (Å²) in [6, 6.07) is 14.8. The van der Waals surface area contributed by atoms with Crippen molar-refractivity contribution >= 4 is 22.8 Å². The van der Waals surface area contributed by atoms with Gasteiger partial charge in [0, 0.05) is 36.0 Å². The third kappa shape index (κ3) is 4.51. The average Bonchev–Trinajstić information content (AvgIpc) is 2.80. The third-order valence-electron chi connectivity index (χ3n) is 4.87. The molecular weight excluding hydrogens is 396 g/mol. The molecule has 0 bridgehead atoms. The van der Waals surface area contributed by atoms with Gasteiger partial charge < -0.3 is 14.9 Å². The minimum atomic E-state index is -0.995. The summed E-state index contributed by atoms with van der Waals surface area (Å²) in [7, 11) is 0. The number of aromatic carboxylic acids is 1. The highest BCUT2D eigenvalue weighted by atomic mass is 16.5. The van der Waals surface area contributed by atoms with Gasteiger partial charge >= 0.3 is 11.9 Å². The lowest BCUT2D eigenvalue weighted by molar-refractivity contribution is 0.0472. The highest BCUT2D eigenvalue weighted by Crippen LogP contribution is 2.30. The van der Waals surface area contributed by atoms with Crippen molar-refractivity contribution in [1.29, 1.82) is 0 Å². The van der Waals surface area contributed by atoms with Gasteiger partial charge in [0.05, 0.1) is 16.6 Å². The van der Waals surface area contributed by atoms with E-state index >= 15 is 0 Å². The number of aromatic nitrogens is 2. The number of fused-ring (bicyclic) bond motifs is 1. The Morgan fingerprint density at radius 3 is 2.32 bits per heavy atom. The summed E-state index contributed by atoms with van der Waals surface area (Å²) in [6.07, 6.45) is 5.19. The van der Waals surface area contributed by atoms with Gasteiger partial charge in [-0.3, -0.25) is 9.97 Å². The Bertz CT molecular complexity index is 1250. The molecule has 0 unspecified atom stereocenters. The first-order valence-electron chi connectivity index (χ1n) is 9.50. The Labute approximate surface area is 177 Å². The van der Waals surface area contributed by atoms with Crippen molar-refractivity contribution in [3.63, 3.8) is 0 Å². The Balaban J connectivity index is 1.56. The number of esters is 1.